The Morgan fingerprint density at radius 1 is 1.03 bits per heavy atom. The van der Waals surface area contributed by atoms with Crippen LogP contribution >= 0.6 is 0 Å². The number of aliphatic hydroxyl groups is 1. The Balaban J connectivity index is 1.38. The number of benzene rings is 1. The lowest BCUT2D eigenvalue weighted by Crippen LogP contribution is -2.43. The molecule has 0 spiro atoms. The summed E-state index contributed by atoms with van der Waals surface area (Å²) in [6, 6.07) is 6.41. The first-order chi connectivity index (χ1) is 16.6. The quantitative estimate of drug-likeness (QED) is 0.633. The Morgan fingerprint density at radius 2 is 1.76 bits per heavy atom. The van der Waals surface area contributed by atoms with Gasteiger partial charge in [-0.05, 0) is 36.7 Å². The van der Waals surface area contributed by atoms with Crippen LogP contribution in [0.4, 0.5) is 5.95 Å². The molecule has 7 heteroatoms. The Morgan fingerprint density at radius 3 is 2.44 bits per heavy atom. The standard InChI is InChI=1S/C27H37N5O2/c1-3-22-19-28-27(29-20-22)32-11-9-25(10-12-32)34-26-8-7-23(18-24(26)6-4-5-17-33)21-31-15-13-30(2)14-16-31/h7-8,18-20,25,33H,3,5,9-17,21H2,1-2H3. The van der Waals surface area contributed by atoms with Gasteiger partial charge in [0.05, 0.1) is 12.2 Å². The van der Waals surface area contributed by atoms with Gasteiger partial charge in [-0.2, -0.15) is 0 Å². The summed E-state index contributed by atoms with van der Waals surface area (Å²) in [5.74, 6) is 7.97. The van der Waals surface area contributed by atoms with E-state index in [9.17, 15) is 0 Å². The van der Waals surface area contributed by atoms with Crippen molar-refractivity contribution in [3.63, 3.8) is 0 Å². The SMILES string of the molecule is CCc1cnc(N2CCC(Oc3ccc(CN4CCN(C)CC4)cc3C#CCCO)CC2)nc1. The molecule has 0 amide bonds. The summed E-state index contributed by atoms with van der Waals surface area (Å²) in [4.78, 5) is 16.2. The summed E-state index contributed by atoms with van der Waals surface area (Å²) in [5, 5.41) is 9.16. The van der Waals surface area contributed by atoms with E-state index in [1.807, 2.05) is 12.4 Å². The monoisotopic (exact) mass is 463 g/mol. The highest BCUT2D eigenvalue weighted by Crippen LogP contribution is 2.26. The number of piperazine rings is 1. The van der Waals surface area contributed by atoms with Crippen LogP contribution < -0.4 is 9.64 Å². The molecule has 3 heterocycles. The van der Waals surface area contributed by atoms with Gasteiger partial charge in [-0.3, -0.25) is 4.90 Å². The van der Waals surface area contributed by atoms with Crippen molar-refractivity contribution < 1.29 is 9.84 Å². The molecule has 2 fully saturated rings. The second-order valence-corrected chi connectivity index (χ2v) is 9.23. The van der Waals surface area contributed by atoms with Crippen molar-refractivity contribution >= 4 is 5.95 Å². The molecule has 182 valence electrons. The van der Waals surface area contributed by atoms with Crippen molar-refractivity contribution in [3.8, 4) is 17.6 Å². The highest BCUT2D eigenvalue weighted by atomic mass is 16.5. The molecule has 0 bridgehead atoms. The number of hydrogen-bond donors (Lipinski definition) is 1. The number of hydrogen-bond acceptors (Lipinski definition) is 7. The Kier molecular flexibility index (Phi) is 8.75. The van der Waals surface area contributed by atoms with E-state index in [-0.39, 0.29) is 12.7 Å². The maximum Gasteiger partial charge on any atom is 0.225 e. The minimum Gasteiger partial charge on any atom is -0.489 e. The third kappa shape index (κ3) is 6.69. The van der Waals surface area contributed by atoms with Crippen LogP contribution in [-0.2, 0) is 13.0 Å². The largest absolute Gasteiger partial charge is 0.489 e. The van der Waals surface area contributed by atoms with Gasteiger partial charge in [0, 0.05) is 77.5 Å². The zero-order valence-electron chi connectivity index (χ0n) is 20.5. The lowest BCUT2D eigenvalue weighted by atomic mass is 10.1. The molecule has 2 aliphatic heterocycles. The van der Waals surface area contributed by atoms with Crippen LogP contribution in [0.1, 0.15) is 42.9 Å². The van der Waals surface area contributed by atoms with Crippen LogP contribution in [0.25, 0.3) is 0 Å². The molecule has 0 unspecified atom stereocenters. The third-order valence-corrected chi connectivity index (χ3v) is 6.62. The smallest absolute Gasteiger partial charge is 0.225 e. The van der Waals surface area contributed by atoms with Gasteiger partial charge in [-0.1, -0.05) is 24.8 Å². The number of aryl methyl sites for hydroxylation is 1. The first kappa shape index (κ1) is 24.5. The molecule has 4 rings (SSSR count). The Hall–Kier alpha value is -2.66. The predicted molar refractivity (Wildman–Crippen MR) is 135 cm³/mol. The summed E-state index contributed by atoms with van der Waals surface area (Å²) in [5.41, 5.74) is 3.33. The van der Waals surface area contributed by atoms with E-state index in [0.717, 1.165) is 87.9 Å². The fourth-order valence-corrected chi connectivity index (χ4v) is 4.40. The normalized spacial score (nSPS) is 17.9. The van der Waals surface area contributed by atoms with E-state index in [4.69, 9.17) is 9.84 Å². The van der Waals surface area contributed by atoms with Crippen LogP contribution in [-0.4, -0.2) is 83.9 Å². The zero-order valence-corrected chi connectivity index (χ0v) is 20.5. The molecular weight excluding hydrogens is 426 g/mol. The van der Waals surface area contributed by atoms with Crippen LogP contribution in [0.3, 0.4) is 0 Å². The average molecular weight is 464 g/mol. The fraction of sp³-hybridized carbons (Fsp3) is 0.556. The van der Waals surface area contributed by atoms with Gasteiger partial charge in [0.2, 0.25) is 5.95 Å². The summed E-state index contributed by atoms with van der Waals surface area (Å²) < 4.78 is 6.44. The van der Waals surface area contributed by atoms with Gasteiger partial charge in [-0.15, -0.1) is 0 Å². The number of aliphatic hydroxyl groups excluding tert-OH is 1. The Labute approximate surface area is 203 Å². The van der Waals surface area contributed by atoms with Crippen LogP contribution in [0.2, 0.25) is 0 Å². The van der Waals surface area contributed by atoms with Gasteiger partial charge < -0.3 is 19.6 Å². The number of likely N-dealkylation sites (N-methyl/N-ethyl adjacent to an activating group) is 1. The number of rotatable bonds is 7. The van der Waals surface area contributed by atoms with Gasteiger partial charge in [0.15, 0.2) is 0 Å². The fourth-order valence-electron chi connectivity index (χ4n) is 4.40. The number of aromatic nitrogens is 2. The molecule has 7 nitrogen and oxygen atoms in total. The molecule has 0 aliphatic carbocycles. The highest BCUT2D eigenvalue weighted by Gasteiger charge is 2.23. The van der Waals surface area contributed by atoms with Crippen LogP contribution in [0, 0.1) is 11.8 Å². The van der Waals surface area contributed by atoms with Gasteiger partial charge in [0.25, 0.3) is 0 Å². The van der Waals surface area contributed by atoms with E-state index in [0.29, 0.717) is 6.42 Å². The minimum absolute atomic E-state index is 0.0734. The van der Waals surface area contributed by atoms with Crippen molar-refractivity contribution in [3.05, 3.63) is 47.3 Å². The summed E-state index contributed by atoms with van der Waals surface area (Å²) in [7, 11) is 2.18. The third-order valence-electron chi connectivity index (χ3n) is 6.62. The van der Waals surface area contributed by atoms with Crippen molar-refractivity contribution in [2.75, 3.05) is 57.8 Å². The minimum atomic E-state index is 0.0734. The van der Waals surface area contributed by atoms with E-state index in [2.05, 4.69) is 68.7 Å². The highest BCUT2D eigenvalue weighted by molar-refractivity contribution is 5.48. The molecule has 0 atom stereocenters. The molecule has 2 aliphatic rings. The summed E-state index contributed by atoms with van der Waals surface area (Å²) >= 11 is 0. The number of nitrogens with zero attached hydrogens (tertiary/aromatic N) is 5. The number of piperidine rings is 1. The Bertz CT molecular complexity index is 969. The number of ether oxygens (including phenoxy) is 1. The molecule has 0 saturated carbocycles. The van der Waals surface area contributed by atoms with Crippen LogP contribution in [0.5, 0.6) is 5.75 Å². The van der Waals surface area contributed by atoms with E-state index in [1.54, 1.807) is 0 Å². The topological polar surface area (TPSA) is 65.0 Å². The molecule has 0 radical (unpaired) electrons. The lowest BCUT2D eigenvalue weighted by molar-refractivity contribution is 0.148. The van der Waals surface area contributed by atoms with Crippen molar-refractivity contribution in [1.29, 1.82) is 0 Å². The average Bonchev–Trinajstić information content (AvgIpc) is 2.87. The first-order valence-electron chi connectivity index (χ1n) is 12.5. The van der Waals surface area contributed by atoms with E-state index < -0.39 is 0 Å². The zero-order chi connectivity index (χ0) is 23.8. The van der Waals surface area contributed by atoms with Crippen LogP contribution in [0.15, 0.2) is 30.6 Å². The second kappa shape index (κ2) is 12.2. The molecule has 1 N–H and O–H groups in total. The molecule has 1 aromatic heterocycles. The van der Waals surface area contributed by atoms with Crippen molar-refractivity contribution in [1.82, 2.24) is 19.8 Å². The molecular formula is C27H37N5O2. The molecule has 34 heavy (non-hydrogen) atoms. The maximum absolute atomic E-state index is 9.16. The summed E-state index contributed by atoms with van der Waals surface area (Å²) in [6.45, 7) is 9.26. The lowest BCUT2D eigenvalue weighted by Gasteiger charge is -2.33. The predicted octanol–water partition coefficient (Wildman–Crippen LogP) is 2.57. The van der Waals surface area contributed by atoms with Crippen molar-refractivity contribution in [2.24, 2.45) is 0 Å². The molecule has 1 aromatic carbocycles. The van der Waals surface area contributed by atoms with Gasteiger partial charge in [0.1, 0.15) is 11.9 Å². The van der Waals surface area contributed by atoms with E-state index >= 15 is 0 Å². The molecule has 2 saturated heterocycles. The maximum atomic E-state index is 9.16. The van der Waals surface area contributed by atoms with E-state index in [1.165, 1.54) is 5.56 Å². The first-order valence-corrected chi connectivity index (χ1v) is 12.5. The van der Waals surface area contributed by atoms with Gasteiger partial charge in [-0.25, -0.2) is 9.97 Å². The number of anilines is 1. The van der Waals surface area contributed by atoms with Gasteiger partial charge >= 0.3 is 0 Å². The van der Waals surface area contributed by atoms with Crippen molar-refractivity contribution in [2.45, 2.75) is 45.3 Å². The molecule has 2 aromatic rings. The summed E-state index contributed by atoms with van der Waals surface area (Å²) in [6.07, 6.45) is 7.26. The second-order valence-electron chi connectivity index (χ2n) is 9.23.